The van der Waals surface area contributed by atoms with Gasteiger partial charge < -0.3 is 40.1 Å². The number of carboxylic acid groups (broad SMARTS) is 1. The number of hydrogen-bond donors (Lipinski definition) is 4. The first-order valence-corrected chi connectivity index (χ1v) is 9.65. The normalized spacial score (nSPS) is 11.7. The molecule has 11 heteroatoms. The van der Waals surface area contributed by atoms with Crippen LogP contribution in [0.25, 0.3) is 11.1 Å². The first-order valence-electron chi connectivity index (χ1n) is 9.27. The van der Waals surface area contributed by atoms with Crippen LogP contribution in [0.1, 0.15) is 22.6 Å². The predicted octanol–water partition coefficient (Wildman–Crippen LogP) is 2.04. The number of hydrogen-bond acceptors (Lipinski definition) is 8. The molecule has 1 heterocycles. The fourth-order valence-electron chi connectivity index (χ4n) is 3.07. The monoisotopic (exact) mass is 455 g/mol. The van der Waals surface area contributed by atoms with Crippen LogP contribution in [0.3, 0.4) is 0 Å². The molecule has 0 amide bonds. The molecule has 1 atom stereocenters. The van der Waals surface area contributed by atoms with E-state index >= 15 is 0 Å². The summed E-state index contributed by atoms with van der Waals surface area (Å²) in [5, 5.41) is 12.2. The molecule has 10 nitrogen and oxygen atoms in total. The van der Waals surface area contributed by atoms with Gasteiger partial charge in [-0.05, 0) is 25.1 Å². The number of rotatable bonds is 11. The molecule has 0 aliphatic rings. The van der Waals surface area contributed by atoms with Gasteiger partial charge in [0, 0.05) is 23.4 Å². The highest BCUT2D eigenvalue weighted by Crippen LogP contribution is 2.47. The van der Waals surface area contributed by atoms with Gasteiger partial charge in [-0.1, -0.05) is 11.6 Å². The molecule has 5 N–H and O–H groups in total. The van der Waals surface area contributed by atoms with Crippen molar-refractivity contribution in [2.45, 2.75) is 19.0 Å². The van der Waals surface area contributed by atoms with Gasteiger partial charge in [0.1, 0.15) is 11.7 Å². The summed E-state index contributed by atoms with van der Waals surface area (Å²) in [6, 6.07) is 2.46. The molecule has 170 valence electrons. The van der Waals surface area contributed by atoms with Crippen LogP contribution in [-0.2, 0) is 16.1 Å². The summed E-state index contributed by atoms with van der Waals surface area (Å²) >= 11 is 6.56. The number of aliphatic carboxylic acids is 1. The molecular formula is C20H26ClN3O7. The molecule has 0 spiro atoms. The number of nitrogens with two attached hydrogens (primary N) is 1. The minimum absolute atomic E-state index is 0.0787. The lowest BCUT2D eigenvalue weighted by Gasteiger charge is -2.16. The Morgan fingerprint density at radius 3 is 2.39 bits per heavy atom. The Kier molecular flexibility index (Phi) is 8.55. The number of carbonyl (C=O) groups excluding carboxylic acids is 1. The van der Waals surface area contributed by atoms with Gasteiger partial charge in [0.15, 0.2) is 11.5 Å². The van der Waals surface area contributed by atoms with Crippen LogP contribution in [-0.4, -0.2) is 63.1 Å². The molecule has 0 saturated carbocycles. The lowest BCUT2D eigenvalue weighted by Crippen LogP contribution is -2.33. The van der Waals surface area contributed by atoms with E-state index in [-0.39, 0.29) is 23.7 Å². The molecule has 0 bridgehead atoms. The molecule has 0 aliphatic heterocycles. The van der Waals surface area contributed by atoms with Crippen LogP contribution in [0.2, 0.25) is 5.02 Å². The smallest absolute Gasteiger partial charge is 0.356 e. The Morgan fingerprint density at radius 2 is 1.84 bits per heavy atom. The molecule has 31 heavy (non-hydrogen) atoms. The fraction of sp³-hybridized carbons (Fsp3) is 0.400. The molecule has 0 fully saturated rings. The summed E-state index contributed by atoms with van der Waals surface area (Å²) in [5.74, 6) is -0.511. The number of methoxy groups -OCH3 is 4. The Morgan fingerprint density at radius 1 is 1.16 bits per heavy atom. The van der Waals surface area contributed by atoms with Gasteiger partial charge in [-0.2, -0.15) is 0 Å². The number of carboxylic acids is 1. The van der Waals surface area contributed by atoms with Crippen LogP contribution in [0.4, 0.5) is 0 Å². The van der Waals surface area contributed by atoms with Gasteiger partial charge in [0.25, 0.3) is 0 Å². The molecule has 1 unspecified atom stereocenters. The first kappa shape index (κ1) is 24.3. The minimum Gasteiger partial charge on any atom is -0.493 e. The summed E-state index contributed by atoms with van der Waals surface area (Å²) in [6.07, 6.45) is 0.225. The maximum absolute atomic E-state index is 12.2. The maximum atomic E-state index is 12.2. The van der Waals surface area contributed by atoms with Gasteiger partial charge in [-0.25, -0.2) is 4.79 Å². The van der Waals surface area contributed by atoms with Crippen molar-refractivity contribution in [1.29, 1.82) is 0 Å². The quantitative estimate of drug-likeness (QED) is 0.295. The minimum atomic E-state index is -1.08. The number of ether oxygens (including phenoxy) is 4. The number of H-pyrrole nitrogens is 1. The first-order chi connectivity index (χ1) is 14.8. The zero-order valence-electron chi connectivity index (χ0n) is 17.7. The number of aromatic nitrogens is 1. The summed E-state index contributed by atoms with van der Waals surface area (Å²) in [6.45, 7) is 0.579. The van der Waals surface area contributed by atoms with Crippen molar-refractivity contribution >= 4 is 23.5 Å². The van der Waals surface area contributed by atoms with E-state index in [9.17, 15) is 9.59 Å². The van der Waals surface area contributed by atoms with E-state index in [2.05, 4.69) is 10.3 Å². The average molecular weight is 456 g/mol. The number of esters is 1. The molecule has 1 aromatic carbocycles. The van der Waals surface area contributed by atoms with Crippen LogP contribution in [0.5, 0.6) is 17.2 Å². The van der Waals surface area contributed by atoms with Crippen molar-refractivity contribution in [2.24, 2.45) is 5.73 Å². The van der Waals surface area contributed by atoms with E-state index < -0.39 is 18.0 Å². The van der Waals surface area contributed by atoms with Crippen molar-refractivity contribution in [3.8, 4) is 28.4 Å². The van der Waals surface area contributed by atoms with Crippen molar-refractivity contribution < 1.29 is 33.6 Å². The van der Waals surface area contributed by atoms with Gasteiger partial charge >= 0.3 is 11.9 Å². The van der Waals surface area contributed by atoms with E-state index in [1.165, 1.54) is 28.4 Å². The number of nitrogens with one attached hydrogen (secondary N) is 2. The van der Waals surface area contributed by atoms with Crippen LogP contribution in [0, 0.1) is 0 Å². The van der Waals surface area contributed by atoms with Crippen LogP contribution < -0.4 is 25.3 Å². The van der Waals surface area contributed by atoms with E-state index in [0.717, 1.165) is 0 Å². The topological polar surface area (TPSA) is 145 Å². The Bertz CT molecular complexity index is 945. The van der Waals surface area contributed by atoms with Gasteiger partial charge in [-0.15, -0.1) is 0 Å². The second kappa shape index (κ2) is 10.9. The van der Waals surface area contributed by atoms with Gasteiger partial charge in [-0.3, -0.25) is 4.79 Å². The number of aromatic amines is 1. The summed E-state index contributed by atoms with van der Waals surface area (Å²) in [4.78, 5) is 26.0. The number of halogens is 1. The van der Waals surface area contributed by atoms with Crippen molar-refractivity contribution in [2.75, 3.05) is 35.0 Å². The predicted molar refractivity (Wildman–Crippen MR) is 114 cm³/mol. The molecule has 2 aromatic rings. The van der Waals surface area contributed by atoms with Crippen LogP contribution >= 0.6 is 11.6 Å². The Balaban J connectivity index is 2.50. The van der Waals surface area contributed by atoms with Crippen LogP contribution in [0.15, 0.2) is 12.1 Å². The molecule has 0 radical (unpaired) electrons. The Hall–Kier alpha value is -2.95. The van der Waals surface area contributed by atoms with E-state index in [0.29, 0.717) is 40.6 Å². The zero-order valence-corrected chi connectivity index (χ0v) is 18.5. The SMILES string of the molecule is COC(=O)c1[nH]c(CNCCC(N)C(=O)O)c(-c2ccc(OC)c(OC)c2OC)c1Cl. The zero-order chi connectivity index (χ0) is 23.1. The largest absolute Gasteiger partial charge is 0.493 e. The lowest BCUT2D eigenvalue weighted by atomic mass is 10.0. The second-order valence-electron chi connectivity index (χ2n) is 6.45. The summed E-state index contributed by atoms with van der Waals surface area (Å²) in [5.41, 5.74) is 7.25. The molecule has 0 aliphatic carbocycles. The third-order valence-corrected chi connectivity index (χ3v) is 5.01. The Labute approximate surface area is 184 Å². The van der Waals surface area contributed by atoms with Crippen molar-refractivity contribution in [3.63, 3.8) is 0 Å². The van der Waals surface area contributed by atoms with Crippen molar-refractivity contribution in [3.05, 3.63) is 28.5 Å². The molecule has 0 saturated heterocycles. The lowest BCUT2D eigenvalue weighted by molar-refractivity contribution is -0.138. The highest BCUT2D eigenvalue weighted by Gasteiger charge is 2.27. The molecule has 2 rings (SSSR count). The average Bonchev–Trinajstić information content (AvgIpc) is 3.10. The number of carbonyl (C=O) groups is 2. The fourth-order valence-corrected chi connectivity index (χ4v) is 3.41. The standard InChI is InChI=1S/C20H26ClN3O7/c1-28-13-6-5-10(17(29-2)18(13)30-3)14-12(9-23-8-7-11(22)19(25)26)24-16(15(14)21)20(27)31-4/h5-6,11,23-24H,7-9,22H2,1-4H3,(H,25,26). The second-order valence-corrected chi connectivity index (χ2v) is 6.83. The van der Waals surface area contributed by atoms with Gasteiger partial charge in [0.05, 0.1) is 33.5 Å². The maximum Gasteiger partial charge on any atom is 0.356 e. The van der Waals surface area contributed by atoms with Gasteiger partial charge in [0.2, 0.25) is 5.75 Å². The highest BCUT2D eigenvalue weighted by molar-refractivity contribution is 6.36. The highest BCUT2D eigenvalue weighted by atomic mass is 35.5. The number of benzene rings is 1. The van der Waals surface area contributed by atoms with E-state index in [1.54, 1.807) is 12.1 Å². The third-order valence-electron chi connectivity index (χ3n) is 4.63. The summed E-state index contributed by atoms with van der Waals surface area (Å²) in [7, 11) is 5.72. The molecule has 1 aromatic heterocycles. The van der Waals surface area contributed by atoms with Crippen molar-refractivity contribution in [1.82, 2.24) is 10.3 Å². The van der Waals surface area contributed by atoms with E-state index in [1.807, 2.05) is 0 Å². The summed E-state index contributed by atoms with van der Waals surface area (Å²) < 4.78 is 21.1. The van der Waals surface area contributed by atoms with E-state index in [4.69, 9.17) is 41.4 Å². The molecular weight excluding hydrogens is 430 g/mol. The third kappa shape index (κ3) is 5.22.